The molecule has 0 atom stereocenters. The Kier molecular flexibility index (Phi) is 3.02. The number of H-pyrrole nitrogens is 1. The first-order valence-corrected chi connectivity index (χ1v) is 7.89. The summed E-state index contributed by atoms with van der Waals surface area (Å²) in [5.41, 5.74) is 0.598. The van der Waals surface area contributed by atoms with Crippen molar-refractivity contribution in [1.82, 2.24) is 9.97 Å². The summed E-state index contributed by atoms with van der Waals surface area (Å²) in [6.07, 6.45) is 1.07. The molecule has 1 N–H and O–H groups in total. The van der Waals surface area contributed by atoms with Gasteiger partial charge >= 0.3 is 0 Å². The Bertz CT molecular complexity index is 949. The van der Waals surface area contributed by atoms with Crippen molar-refractivity contribution in [1.29, 1.82) is 0 Å². The van der Waals surface area contributed by atoms with E-state index in [-0.39, 0.29) is 21.8 Å². The fourth-order valence-electron chi connectivity index (χ4n) is 2.11. The summed E-state index contributed by atoms with van der Waals surface area (Å²) in [6, 6.07) is 7.61. The third-order valence-electron chi connectivity index (χ3n) is 3.06. The van der Waals surface area contributed by atoms with Crippen molar-refractivity contribution in [3.8, 4) is 11.4 Å². The molecule has 0 spiro atoms. The van der Waals surface area contributed by atoms with Gasteiger partial charge in [0, 0.05) is 6.26 Å². The minimum Gasteiger partial charge on any atom is -0.338 e. The number of nitrogens with one attached hydrogen (secondary N) is 1. The number of imidazole rings is 1. The number of aromatic amines is 1. The molecule has 1 heterocycles. The number of para-hydroxylation sites is 1. The molecule has 0 saturated carbocycles. The molecule has 0 radical (unpaired) electrons. The largest absolute Gasteiger partial charge is 0.338 e. The minimum absolute atomic E-state index is 0.0410. The molecule has 3 aromatic rings. The molecule has 7 heteroatoms. The number of fused-ring (bicyclic) bond motifs is 1. The van der Waals surface area contributed by atoms with E-state index in [2.05, 4.69) is 9.97 Å². The lowest BCUT2D eigenvalue weighted by atomic mass is 10.2. The van der Waals surface area contributed by atoms with Gasteiger partial charge in [-0.25, -0.2) is 22.2 Å². The predicted molar refractivity (Wildman–Crippen MR) is 74.6 cm³/mol. The van der Waals surface area contributed by atoms with Gasteiger partial charge in [-0.1, -0.05) is 6.07 Å². The Labute approximate surface area is 119 Å². The summed E-state index contributed by atoms with van der Waals surface area (Å²) in [6.45, 7) is 0. The molecule has 0 unspecified atom stereocenters. The van der Waals surface area contributed by atoms with Crippen molar-refractivity contribution >= 4 is 20.9 Å². The fraction of sp³-hybridized carbons (Fsp3) is 0.0714. The number of benzene rings is 2. The molecule has 3 rings (SSSR count). The van der Waals surface area contributed by atoms with Crippen LogP contribution in [0.4, 0.5) is 8.78 Å². The summed E-state index contributed by atoms with van der Waals surface area (Å²) in [4.78, 5) is 6.96. The molecule has 0 amide bonds. The molecule has 0 saturated heterocycles. The lowest BCUT2D eigenvalue weighted by molar-refractivity contribution is 0.602. The number of hydrogen-bond donors (Lipinski definition) is 1. The van der Waals surface area contributed by atoms with Gasteiger partial charge in [0.2, 0.25) is 0 Å². The Morgan fingerprint density at radius 2 is 1.90 bits per heavy atom. The molecule has 0 aliphatic carbocycles. The van der Waals surface area contributed by atoms with Gasteiger partial charge in [0.15, 0.2) is 9.84 Å². The van der Waals surface area contributed by atoms with Gasteiger partial charge in [-0.05, 0) is 30.3 Å². The van der Waals surface area contributed by atoms with Crippen LogP contribution in [0.5, 0.6) is 0 Å². The number of hydrogen-bond acceptors (Lipinski definition) is 3. The lowest BCUT2D eigenvalue weighted by Crippen LogP contribution is -1.97. The number of nitrogens with zero attached hydrogens (tertiary/aromatic N) is 1. The van der Waals surface area contributed by atoms with Crippen molar-refractivity contribution in [2.24, 2.45) is 0 Å². The molecule has 4 nitrogen and oxygen atoms in total. The average Bonchev–Trinajstić information content (AvgIpc) is 2.83. The predicted octanol–water partition coefficient (Wildman–Crippen LogP) is 2.91. The van der Waals surface area contributed by atoms with E-state index < -0.39 is 21.5 Å². The van der Waals surface area contributed by atoms with Crippen LogP contribution in [-0.4, -0.2) is 24.6 Å². The van der Waals surface area contributed by atoms with Crippen LogP contribution in [0.2, 0.25) is 0 Å². The molecule has 0 fully saturated rings. The maximum atomic E-state index is 13.8. The smallest absolute Gasteiger partial charge is 0.177 e. The Morgan fingerprint density at radius 1 is 1.14 bits per heavy atom. The van der Waals surface area contributed by atoms with Crippen molar-refractivity contribution in [2.75, 3.05) is 6.26 Å². The molecule has 108 valence electrons. The topological polar surface area (TPSA) is 62.8 Å². The van der Waals surface area contributed by atoms with Gasteiger partial charge in [0.1, 0.15) is 23.0 Å². The highest BCUT2D eigenvalue weighted by atomic mass is 32.2. The van der Waals surface area contributed by atoms with E-state index >= 15 is 0 Å². The highest BCUT2D eigenvalue weighted by molar-refractivity contribution is 7.91. The first kappa shape index (κ1) is 13.7. The van der Waals surface area contributed by atoms with Gasteiger partial charge in [-0.2, -0.15) is 0 Å². The molecule has 21 heavy (non-hydrogen) atoms. The SMILES string of the molecule is CS(=O)(=O)c1cccc2[nH]c(-c3cc(F)ccc3F)nc12. The zero-order chi connectivity index (χ0) is 15.2. The molecule has 0 bridgehead atoms. The van der Waals surface area contributed by atoms with Crippen LogP contribution in [0.25, 0.3) is 22.4 Å². The van der Waals surface area contributed by atoms with E-state index in [9.17, 15) is 17.2 Å². The van der Waals surface area contributed by atoms with Crippen molar-refractivity contribution < 1.29 is 17.2 Å². The fourth-order valence-corrected chi connectivity index (χ4v) is 2.94. The van der Waals surface area contributed by atoms with E-state index in [0.717, 1.165) is 24.5 Å². The van der Waals surface area contributed by atoms with Crippen LogP contribution >= 0.6 is 0 Å². The van der Waals surface area contributed by atoms with E-state index in [4.69, 9.17) is 0 Å². The average molecular weight is 308 g/mol. The van der Waals surface area contributed by atoms with E-state index in [1.165, 1.54) is 6.07 Å². The lowest BCUT2D eigenvalue weighted by Gasteiger charge is -1.99. The van der Waals surface area contributed by atoms with E-state index in [1.54, 1.807) is 12.1 Å². The third kappa shape index (κ3) is 2.40. The summed E-state index contributed by atoms with van der Waals surface area (Å²) in [5, 5.41) is 0. The van der Waals surface area contributed by atoms with Gasteiger partial charge in [0.05, 0.1) is 16.0 Å². The summed E-state index contributed by atoms with van der Waals surface area (Å²) < 4.78 is 50.5. The van der Waals surface area contributed by atoms with Gasteiger partial charge in [-0.3, -0.25) is 0 Å². The molecule has 1 aromatic heterocycles. The monoisotopic (exact) mass is 308 g/mol. The first-order valence-electron chi connectivity index (χ1n) is 6.00. The zero-order valence-corrected chi connectivity index (χ0v) is 11.7. The van der Waals surface area contributed by atoms with Crippen LogP contribution < -0.4 is 0 Å². The second-order valence-corrected chi connectivity index (χ2v) is 6.62. The van der Waals surface area contributed by atoms with Crippen LogP contribution in [0.1, 0.15) is 0 Å². The van der Waals surface area contributed by atoms with Crippen LogP contribution in [0.15, 0.2) is 41.3 Å². The van der Waals surface area contributed by atoms with Crippen molar-refractivity contribution in [2.45, 2.75) is 4.90 Å². The van der Waals surface area contributed by atoms with Crippen LogP contribution in [0.3, 0.4) is 0 Å². The first-order chi connectivity index (χ1) is 9.86. The van der Waals surface area contributed by atoms with E-state index in [1.807, 2.05) is 0 Å². The summed E-state index contributed by atoms with van der Waals surface area (Å²) >= 11 is 0. The number of sulfone groups is 1. The summed E-state index contributed by atoms with van der Waals surface area (Å²) in [7, 11) is -3.47. The van der Waals surface area contributed by atoms with Gasteiger partial charge < -0.3 is 4.98 Å². The molecule has 0 aliphatic heterocycles. The van der Waals surface area contributed by atoms with Crippen LogP contribution in [-0.2, 0) is 9.84 Å². The Hall–Kier alpha value is -2.28. The highest BCUT2D eigenvalue weighted by Crippen LogP contribution is 2.27. The van der Waals surface area contributed by atoms with Gasteiger partial charge in [0.25, 0.3) is 0 Å². The number of aromatic nitrogens is 2. The molecule has 2 aromatic carbocycles. The second kappa shape index (κ2) is 4.63. The van der Waals surface area contributed by atoms with Crippen molar-refractivity contribution in [3.05, 3.63) is 48.0 Å². The Morgan fingerprint density at radius 3 is 2.62 bits per heavy atom. The molecular weight excluding hydrogens is 298 g/mol. The standard InChI is InChI=1S/C14H10F2N2O2S/c1-21(19,20)12-4-2-3-11-13(12)18-14(17-11)9-7-8(15)5-6-10(9)16/h2-7H,1H3,(H,17,18). The highest BCUT2D eigenvalue weighted by Gasteiger charge is 2.17. The minimum atomic E-state index is -3.47. The maximum Gasteiger partial charge on any atom is 0.177 e. The molecule has 0 aliphatic rings. The summed E-state index contributed by atoms with van der Waals surface area (Å²) in [5.74, 6) is -1.16. The Balaban J connectivity index is 2.30. The third-order valence-corrected chi connectivity index (χ3v) is 4.19. The second-order valence-electron chi connectivity index (χ2n) is 4.63. The van der Waals surface area contributed by atoms with E-state index in [0.29, 0.717) is 5.52 Å². The zero-order valence-electron chi connectivity index (χ0n) is 10.9. The van der Waals surface area contributed by atoms with Crippen molar-refractivity contribution in [3.63, 3.8) is 0 Å². The quantitative estimate of drug-likeness (QED) is 0.792. The van der Waals surface area contributed by atoms with Crippen LogP contribution in [0, 0.1) is 11.6 Å². The number of halogens is 2. The molecular formula is C14H10F2N2O2S. The normalized spacial score (nSPS) is 12.0. The van der Waals surface area contributed by atoms with Gasteiger partial charge in [-0.15, -0.1) is 0 Å². The maximum absolute atomic E-state index is 13.8. The number of rotatable bonds is 2.